The predicted octanol–water partition coefficient (Wildman–Crippen LogP) is 2.39. The summed E-state index contributed by atoms with van der Waals surface area (Å²) < 4.78 is 6.61. The highest BCUT2D eigenvalue weighted by atomic mass is 79.9. The Morgan fingerprint density at radius 1 is 1.25 bits per heavy atom. The first-order valence-electron chi connectivity index (χ1n) is 7.48. The van der Waals surface area contributed by atoms with Gasteiger partial charge in [0.15, 0.2) is 0 Å². The smallest absolute Gasteiger partial charge is 0.128 e. The molecule has 0 radical (unpaired) electrons. The summed E-state index contributed by atoms with van der Waals surface area (Å²) in [5.74, 6) is 1.83. The molecule has 110 valence electrons. The molecule has 2 saturated heterocycles. The topological polar surface area (TPSA) is 28.6 Å². The van der Waals surface area contributed by atoms with Gasteiger partial charge in [0.25, 0.3) is 0 Å². The van der Waals surface area contributed by atoms with Gasteiger partial charge in [0.2, 0.25) is 0 Å². The number of rotatable bonds is 3. The van der Waals surface area contributed by atoms with Gasteiger partial charge < -0.3 is 9.64 Å². The zero-order chi connectivity index (χ0) is 13.8. The van der Waals surface area contributed by atoms with Gasteiger partial charge in [-0.05, 0) is 46.8 Å². The van der Waals surface area contributed by atoms with Crippen molar-refractivity contribution >= 4 is 21.7 Å². The van der Waals surface area contributed by atoms with Gasteiger partial charge in [0, 0.05) is 50.0 Å². The SMILES string of the molecule is Brc1ccc(N2CCN(CC3CCCOC3)CC2)nc1. The van der Waals surface area contributed by atoms with E-state index < -0.39 is 0 Å². The summed E-state index contributed by atoms with van der Waals surface area (Å²) in [5, 5.41) is 0. The van der Waals surface area contributed by atoms with E-state index in [0.29, 0.717) is 0 Å². The van der Waals surface area contributed by atoms with Gasteiger partial charge in [0.05, 0.1) is 6.61 Å². The van der Waals surface area contributed by atoms with E-state index in [9.17, 15) is 0 Å². The number of pyridine rings is 1. The second-order valence-electron chi connectivity index (χ2n) is 5.71. The lowest BCUT2D eigenvalue weighted by Crippen LogP contribution is -2.48. The minimum Gasteiger partial charge on any atom is -0.381 e. The van der Waals surface area contributed by atoms with E-state index in [-0.39, 0.29) is 0 Å². The zero-order valence-corrected chi connectivity index (χ0v) is 13.4. The lowest BCUT2D eigenvalue weighted by Gasteiger charge is -2.37. The quantitative estimate of drug-likeness (QED) is 0.845. The summed E-state index contributed by atoms with van der Waals surface area (Å²) in [6, 6.07) is 4.16. The number of anilines is 1. The molecule has 0 aromatic carbocycles. The molecule has 1 aromatic rings. The minimum absolute atomic E-state index is 0.737. The van der Waals surface area contributed by atoms with Crippen LogP contribution in [0.2, 0.25) is 0 Å². The Morgan fingerprint density at radius 3 is 2.75 bits per heavy atom. The minimum atomic E-state index is 0.737. The monoisotopic (exact) mass is 339 g/mol. The van der Waals surface area contributed by atoms with Crippen molar-refractivity contribution in [2.75, 3.05) is 50.8 Å². The molecule has 0 N–H and O–H groups in total. The van der Waals surface area contributed by atoms with E-state index in [1.807, 2.05) is 6.20 Å². The van der Waals surface area contributed by atoms with Gasteiger partial charge in [-0.15, -0.1) is 0 Å². The second-order valence-corrected chi connectivity index (χ2v) is 6.62. The number of hydrogen-bond donors (Lipinski definition) is 0. The Balaban J connectivity index is 1.47. The van der Waals surface area contributed by atoms with E-state index >= 15 is 0 Å². The Morgan fingerprint density at radius 2 is 2.10 bits per heavy atom. The number of halogens is 1. The van der Waals surface area contributed by atoms with Crippen molar-refractivity contribution < 1.29 is 4.74 Å². The molecule has 2 aliphatic heterocycles. The highest BCUT2D eigenvalue weighted by Gasteiger charge is 2.22. The average molecular weight is 340 g/mol. The molecule has 5 heteroatoms. The Bertz CT molecular complexity index is 412. The van der Waals surface area contributed by atoms with E-state index in [4.69, 9.17) is 4.74 Å². The first-order chi connectivity index (χ1) is 9.81. The van der Waals surface area contributed by atoms with Crippen LogP contribution in [-0.2, 0) is 4.74 Å². The largest absolute Gasteiger partial charge is 0.381 e. The number of aromatic nitrogens is 1. The third-order valence-corrected chi connectivity index (χ3v) is 4.65. The van der Waals surface area contributed by atoms with Gasteiger partial charge in [-0.25, -0.2) is 4.98 Å². The summed E-state index contributed by atoms with van der Waals surface area (Å²) >= 11 is 3.43. The maximum Gasteiger partial charge on any atom is 0.128 e. The van der Waals surface area contributed by atoms with Crippen LogP contribution >= 0.6 is 15.9 Å². The first kappa shape index (κ1) is 14.3. The first-order valence-corrected chi connectivity index (χ1v) is 8.27. The molecule has 3 heterocycles. The molecule has 1 atom stereocenters. The van der Waals surface area contributed by atoms with Crippen LogP contribution in [-0.4, -0.2) is 55.8 Å². The molecule has 2 fully saturated rings. The maximum absolute atomic E-state index is 5.57. The molecule has 1 aromatic heterocycles. The van der Waals surface area contributed by atoms with Gasteiger partial charge >= 0.3 is 0 Å². The Hall–Kier alpha value is -0.650. The fourth-order valence-corrected chi connectivity index (χ4v) is 3.27. The summed E-state index contributed by atoms with van der Waals surface area (Å²) in [7, 11) is 0. The lowest BCUT2D eigenvalue weighted by molar-refractivity contribution is 0.0377. The molecule has 0 spiro atoms. The molecule has 0 saturated carbocycles. The molecular weight excluding hydrogens is 318 g/mol. The normalized spacial score (nSPS) is 24.9. The van der Waals surface area contributed by atoms with Crippen LogP contribution in [0.3, 0.4) is 0 Å². The summed E-state index contributed by atoms with van der Waals surface area (Å²) in [6.07, 6.45) is 4.43. The van der Waals surface area contributed by atoms with Crippen molar-refractivity contribution in [1.82, 2.24) is 9.88 Å². The summed E-state index contributed by atoms with van der Waals surface area (Å²) in [4.78, 5) is 9.44. The van der Waals surface area contributed by atoms with Crippen molar-refractivity contribution in [2.45, 2.75) is 12.8 Å². The van der Waals surface area contributed by atoms with Gasteiger partial charge in [-0.1, -0.05) is 0 Å². The molecule has 0 bridgehead atoms. The lowest BCUT2D eigenvalue weighted by atomic mass is 10.0. The third kappa shape index (κ3) is 3.71. The molecule has 4 nitrogen and oxygen atoms in total. The van der Waals surface area contributed by atoms with Gasteiger partial charge in [0.1, 0.15) is 5.82 Å². The van der Waals surface area contributed by atoms with Crippen LogP contribution in [0.15, 0.2) is 22.8 Å². The van der Waals surface area contributed by atoms with E-state index in [1.54, 1.807) is 0 Å². The van der Waals surface area contributed by atoms with Crippen molar-refractivity contribution in [3.8, 4) is 0 Å². The van der Waals surface area contributed by atoms with Crippen LogP contribution in [0, 0.1) is 5.92 Å². The molecule has 1 unspecified atom stereocenters. The summed E-state index contributed by atoms with van der Waals surface area (Å²) in [5.41, 5.74) is 0. The molecular formula is C15H22BrN3O. The fourth-order valence-electron chi connectivity index (χ4n) is 3.03. The van der Waals surface area contributed by atoms with Crippen LogP contribution in [0.1, 0.15) is 12.8 Å². The van der Waals surface area contributed by atoms with Gasteiger partial charge in [-0.2, -0.15) is 0 Å². The van der Waals surface area contributed by atoms with Crippen molar-refractivity contribution in [2.24, 2.45) is 5.92 Å². The highest BCUT2D eigenvalue weighted by Crippen LogP contribution is 2.19. The number of piperazine rings is 1. The van der Waals surface area contributed by atoms with Gasteiger partial charge in [-0.3, -0.25) is 4.90 Å². The zero-order valence-electron chi connectivity index (χ0n) is 11.8. The summed E-state index contributed by atoms with van der Waals surface area (Å²) in [6.45, 7) is 7.52. The van der Waals surface area contributed by atoms with Crippen LogP contribution in [0.25, 0.3) is 0 Å². The van der Waals surface area contributed by atoms with E-state index in [1.165, 1.54) is 19.4 Å². The average Bonchev–Trinajstić information content (AvgIpc) is 2.50. The van der Waals surface area contributed by atoms with E-state index in [0.717, 1.165) is 55.6 Å². The fraction of sp³-hybridized carbons (Fsp3) is 0.667. The van der Waals surface area contributed by atoms with E-state index in [2.05, 4.69) is 42.8 Å². The van der Waals surface area contributed by atoms with Crippen molar-refractivity contribution in [3.05, 3.63) is 22.8 Å². The molecule has 2 aliphatic rings. The number of ether oxygens (including phenoxy) is 1. The van der Waals surface area contributed by atoms with Crippen molar-refractivity contribution in [1.29, 1.82) is 0 Å². The Kier molecular flexibility index (Phi) is 4.91. The molecule has 3 rings (SSSR count). The standard InChI is InChI=1S/C15H22BrN3O/c16-14-3-4-15(17-10-14)19-7-5-18(6-8-19)11-13-2-1-9-20-12-13/h3-4,10,13H,1-2,5-9,11-12H2. The number of nitrogens with zero attached hydrogens (tertiary/aromatic N) is 3. The van der Waals surface area contributed by atoms with Crippen LogP contribution in [0.4, 0.5) is 5.82 Å². The molecule has 20 heavy (non-hydrogen) atoms. The third-order valence-electron chi connectivity index (χ3n) is 4.18. The van der Waals surface area contributed by atoms with Crippen LogP contribution in [0.5, 0.6) is 0 Å². The second kappa shape index (κ2) is 6.87. The molecule has 0 aliphatic carbocycles. The van der Waals surface area contributed by atoms with Crippen LogP contribution < -0.4 is 4.90 Å². The maximum atomic E-state index is 5.57. The number of hydrogen-bond acceptors (Lipinski definition) is 4. The highest BCUT2D eigenvalue weighted by molar-refractivity contribution is 9.10. The predicted molar refractivity (Wildman–Crippen MR) is 84.1 cm³/mol. The molecule has 0 amide bonds. The Labute approximate surface area is 129 Å². The van der Waals surface area contributed by atoms with Crippen molar-refractivity contribution in [3.63, 3.8) is 0 Å².